The maximum Gasteiger partial charge on any atom is 0.164 e. The fourth-order valence-corrected chi connectivity index (χ4v) is 8.27. The molecule has 1 unspecified atom stereocenters. The van der Waals surface area contributed by atoms with Crippen molar-refractivity contribution in [1.29, 1.82) is 0 Å². The molecule has 0 amide bonds. The summed E-state index contributed by atoms with van der Waals surface area (Å²) in [6, 6.07) is 0. The van der Waals surface area contributed by atoms with Gasteiger partial charge in [0, 0.05) is 12.8 Å². The number of aliphatic hydroxyl groups excluding tert-OH is 1. The maximum atomic E-state index is 13.2. The van der Waals surface area contributed by atoms with Crippen molar-refractivity contribution in [3.63, 3.8) is 0 Å². The van der Waals surface area contributed by atoms with E-state index < -0.39 is 13.8 Å². The minimum atomic E-state index is -1.63. The lowest BCUT2D eigenvalue weighted by Gasteiger charge is -2.29. The van der Waals surface area contributed by atoms with Crippen molar-refractivity contribution >= 4 is 19.0 Å². The van der Waals surface area contributed by atoms with E-state index in [0.717, 1.165) is 25.7 Å². The fourth-order valence-electron chi connectivity index (χ4n) is 5.87. The van der Waals surface area contributed by atoms with E-state index in [-0.39, 0.29) is 11.0 Å². The van der Waals surface area contributed by atoms with Crippen LogP contribution in [0.25, 0.3) is 0 Å². The molecule has 5 heteroatoms. The van der Waals surface area contributed by atoms with E-state index in [4.69, 9.17) is 0 Å². The molecule has 1 atom stereocenters. The molecule has 0 aliphatic carbocycles. The third kappa shape index (κ3) is 27.3. The third-order valence-corrected chi connectivity index (χ3v) is 10.8. The maximum absolute atomic E-state index is 13.2. The molecular weight excluding hydrogens is 537 g/mol. The Labute approximate surface area is 264 Å². The molecule has 0 aliphatic heterocycles. The molecule has 0 bridgehead atoms. The van der Waals surface area contributed by atoms with Crippen molar-refractivity contribution < 1.29 is 19.2 Å². The molecule has 0 heterocycles. The highest BCUT2D eigenvalue weighted by Crippen LogP contribution is 2.45. The second-order valence-corrected chi connectivity index (χ2v) is 16.4. The summed E-state index contributed by atoms with van der Waals surface area (Å²) in [5, 5.41) is 11.0. The van der Waals surface area contributed by atoms with Gasteiger partial charge in [0.05, 0.1) is 29.1 Å². The Hall–Kier alpha value is -0.310. The zero-order valence-electron chi connectivity index (χ0n) is 29.2. The highest BCUT2D eigenvalue weighted by atomic mass is 31.1. The molecule has 0 spiro atoms. The van der Waals surface area contributed by atoms with Gasteiger partial charge >= 0.3 is 0 Å². The van der Waals surface area contributed by atoms with Crippen molar-refractivity contribution in [2.75, 3.05) is 27.7 Å². The van der Waals surface area contributed by atoms with Crippen LogP contribution in [0.2, 0.25) is 0 Å². The van der Waals surface area contributed by atoms with Gasteiger partial charge in [0.25, 0.3) is 0 Å². The first-order valence-electron chi connectivity index (χ1n) is 18.6. The van der Waals surface area contributed by atoms with Crippen molar-refractivity contribution in [1.82, 2.24) is 0 Å². The summed E-state index contributed by atoms with van der Waals surface area (Å²) in [7, 11) is 4.43. The summed E-state index contributed by atoms with van der Waals surface area (Å²) in [6.07, 6.45) is 34.1. The summed E-state index contributed by atoms with van der Waals surface area (Å²) >= 11 is 0. The number of aliphatic hydroxyl groups is 1. The number of hydrogen-bond acceptors (Lipinski definition) is 3. The fraction of sp³-hybridized carbons (Fsp3) is 0.946. The molecule has 42 heavy (non-hydrogen) atoms. The van der Waals surface area contributed by atoms with Gasteiger partial charge in [-0.05, 0) is 12.8 Å². The van der Waals surface area contributed by atoms with Gasteiger partial charge in [-0.3, -0.25) is 9.59 Å². The molecule has 0 aliphatic rings. The summed E-state index contributed by atoms with van der Waals surface area (Å²) in [6.45, 7) is 5.00. The zero-order chi connectivity index (χ0) is 31.3. The molecular formula is C37H75NO3P+. The van der Waals surface area contributed by atoms with Crippen LogP contribution >= 0.6 is 7.92 Å². The van der Waals surface area contributed by atoms with Crippen LogP contribution in [0.15, 0.2) is 0 Å². The van der Waals surface area contributed by atoms with Gasteiger partial charge < -0.3 is 9.59 Å². The Morgan fingerprint density at radius 2 is 0.714 bits per heavy atom. The summed E-state index contributed by atoms with van der Waals surface area (Å²) in [4.78, 5) is 26.4. The normalized spacial score (nSPS) is 12.7. The highest BCUT2D eigenvalue weighted by molar-refractivity contribution is 7.89. The molecule has 0 aromatic heterocycles. The molecule has 0 fully saturated rings. The van der Waals surface area contributed by atoms with Crippen LogP contribution < -0.4 is 0 Å². The molecule has 0 aromatic carbocycles. The van der Waals surface area contributed by atoms with E-state index in [1.165, 1.54) is 141 Å². The molecule has 1 N–H and O–H groups in total. The average molecular weight is 613 g/mol. The monoisotopic (exact) mass is 613 g/mol. The average Bonchev–Trinajstić information content (AvgIpc) is 2.93. The van der Waals surface area contributed by atoms with Crippen LogP contribution in [0.5, 0.6) is 0 Å². The minimum Gasteiger partial charge on any atom is -0.382 e. The van der Waals surface area contributed by atoms with Gasteiger partial charge in [-0.25, -0.2) is 0 Å². The molecule has 0 rings (SSSR count). The van der Waals surface area contributed by atoms with Crippen molar-refractivity contribution in [2.45, 2.75) is 199 Å². The van der Waals surface area contributed by atoms with Gasteiger partial charge in [-0.15, -0.1) is 0 Å². The summed E-state index contributed by atoms with van der Waals surface area (Å²) in [5.74, 6) is -0.816. The highest BCUT2D eigenvalue weighted by Gasteiger charge is 2.35. The first kappa shape index (κ1) is 41.7. The predicted molar refractivity (Wildman–Crippen MR) is 186 cm³/mol. The molecule has 0 saturated heterocycles. The predicted octanol–water partition coefficient (Wildman–Crippen LogP) is 11.5. The van der Waals surface area contributed by atoms with Gasteiger partial charge in [0.15, 0.2) is 11.0 Å². The van der Waals surface area contributed by atoms with Crippen LogP contribution in [0.4, 0.5) is 0 Å². The van der Waals surface area contributed by atoms with Gasteiger partial charge in [0.2, 0.25) is 0 Å². The molecule has 250 valence electrons. The van der Waals surface area contributed by atoms with Gasteiger partial charge in [-0.1, -0.05) is 168 Å². The summed E-state index contributed by atoms with van der Waals surface area (Å²) < 4.78 is 0.567. The van der Waals surface area contributed by atoms with Crippen LogP contribution in [-0.2, 0) is 9.59 Å². The van der Waals surface area contributed by atoms with Crippen LogP contribution in [0.1, 0.15) is 194 Å². The molecule has 0 aromatic rings. The first-order valence-corrected chi connectivity index (χ1v) is 20.0. The van der Waals surface area contributed by atoms with Crippen LogP contribution in [0.3, 0.4) is 0 Å². The van der Waals surface area contributed by atoms with Crippen molar-refractivity contribution in [2.24, 2.45) is 0 Å². The smallest absolute Gasteiger partial charge is 0.164 e. The van der Waals surface area contributed by atoms with E-state index in [1.807, 2.05) is 21.1 Å². The Balaban J connectivity index is 4.16. The van der Waals surface area contributed by atoms with E-state index >= 15 is 0 Å². The number of likely N-dealkylation sites (N-methyl/N-ethyl adjacent to an activating group) is 1. The summed E-state index contributed by atoms with van der Waals surface area (Å²) in [5.41, 5.74) is 0.0717. The number of carbonyl (C=O) groups excluding carboxylic acids is 2. The van der Waals surface area contributed by atoms with Gasteiger partial charge in [-0.2, -0.15) is 0 Å². The standard InChI is InChI=1S/C37H75NO3P/c1-6-8-10-12-14-16-18-20-22-24-26-28-30-32-35(39)42(37(41)34-38(3,4)5)36(40)33-31-29-27-25-23-21-19-17-15-13-11-9-7-2/h37,41H,6-34H2,1-5H3/q+1. The Morgan fingerprint density at radius 3 is 0.952 bits per heavy atom. The Bertz CT molecular complexity index is 577. The first-order chi connectivity index (χ1) is 20.2. The van der Waals surface area contributed by atoms with Crippen molar-refractivity contribution in [3.8, 4) is 0 Å². The van der Waals surface area contributed by atoms with E-state index in [0.29, 0.717) is 23.9 Å². The van der Waals surface area contributed by atoms with Crippen LogP contribution in [-0.4, -0.2) is 54.2 Å². The number of rotatable bonds is 33. The lowest BCUT2D eigenvalue weighted by Crippen LogP contribution is -2.41. The topological polar surface area (TPSA) is 54.4 Å². The third-order valence-electron chi connectivity index (χ3n) is 8.53. The SMILES string of the molecule is CCCCCCCCCCCCCCCC(=O)P(C(=O)CCCCCCCCCCCCCCC)C(O)C[N+](C)(C)C. The second-order valence-electron chi connectivity index (χ2n) is 14.1. The lowest BCUT2D eigenvalue weighted by atomic mass is 10.0. The quantitative estimate of drug-likeness (QED) is 0.0456. The van der Waals surface area contributed by atoms with Crippen molar-refractivity contribution in [3.05, 3.63) is 0 Å². The van der Waals surface area contributed by atoms with Gasteiger partial charge in [0.1, 0.15) is 12.4 Å². The zero-order valence-corrected chi connectivity index (χ0v) is 30.1. The number of unbranched alkanes of at least 4 members (excludes halogenated alkanes) is 24. The Morgan fingerprint density at radius 1 is 0.476 bits per heavy atom. The number of nitrogens with zero attached hydrogens (tertiary/aromatic N) is 1. The lowest BCUT2D eigenvalue weighted by molar-refractivity contribution is -0.871. The van der Waals surface area contributed by atoms with E-state index in [2.05, 4.69) is 13.8 Å². The number of carbonyl (C=O) groups is 2. The van der Waals surface area contributed by atoms with E-state index in [9.17, 15) is 14.7 Å². The van der Waals surface area contributed by atoms with E-state index in [1.54, 1.807) is 0 Å². The number of quaternary nitrogens is 1. The second kappa shape index (κ2) is 29.4. The molecule has 0 radical (unpaired) electrons. The molecule has 4 nitrogen and oxygen atoms in total. The Kier molecular flexibility index (Phi) is 29.2. The minimum absolute atomic E-state index is 0.0358. The number of hydrogen-bond donors (Lipinski definition) is 1. The molecule has 0 saturated carbocycles. The largest absolute Gasteiger partial charge is 0.382 e. The van der Waals surface area contributed by atoms with Crippen LogP contribution in [0, 0.1) is 0 Å².